The highest BCUT2D eigenvalue weighted by atomic mass is 32.2. The van der Waals surface area contributed by atoms with E-state index < -0.39 is 0 Å². The van der Waals surface area contributed by atoms with E-state index >= 15 is 0 Å². The van der Waals surface area contributed by atoms with Crippen LogP contribution in [-0.2, 0) is 0 Å². The van der Waals surface area contributed by atoms with Crippen LogP contribution in [0.5, 0.6) is 0 Å². The van der Waals surface area contributed by atoms with Crippen LogP contribution < -0.4 is 0 Å². The first-order chi connectivity index (χ1) is 6.33. The molecule has 1 fully saturated rings. The van der Waals surface area contributed by atoms with Crippen molar-refractivity contribution in [2.45, 2.75) is 44.1 Å². The predicted molar refractivity (Wildman–Crippen MR) is 66.6 cm³/mol. The Morgan fingerprint density at radius 3 is 2.69 bits per heavy atom. The lowest BCUT2D eigenvalue weighted by atomic mass is 10.1. The molecule has 0 N–H and O–H groups in total. The molecule has 0 nitrogen and oxygen atoms in total. The van der Waals surface area contributed by atoms with Gasteiger partial charge in [-0.2, -0.15) is 0 Å². The van der Waals surface area contributed by atoms with Gasteiger partial charge in [0.1, 0.15) is 0 Å². The summed E-state index contributed by atoms with van der Waals surface area (Å²) < 4.78 is 0.848. The average molecular weight is 216 g/mol. The first-order valence-electron chi connectivity index (χ1n) is 5.21. The molecular weight excluding hydrogens is 196 g/mol. The van der Waals surface area contributed by atoms with Crippen LogP contribution in [0.2, 0.25) is 0 Å². The van der Waals surface area contributed by atoms with Gasteiger partial charge in [-0.15, -0.1) is 23.5 Å². The lowest BCUT2D eigenvalue weighted by Gasteiger charge is -2.19. The van der Waals surface area contributed by atoms with Gasteiger partial charge in [0.2, 0.25) is 0 Å². The monoisotopic (exact) mass is 216 g/mol. The summed E-state index contributed by atoms with van der Waals surface area (Å²) in [7, 11) is 0. The molecule has 0 spiro atoms. The van der Waals surface area contributed by atoms with Crippen LogP contribution in [0.3, 0.4) is 0 Å². The van der Waals surface area contributed by atoms with E-state index in [4.69, 9.17) is 0 Å². The van der Waals surface area contributed by atoms with Gasteiger partial charge in [0.15, 0.2) is 0 Å². The zero-order valence-electron chi connectivity index (χ0n) is 8.71. The standard InChI is InChI=1S/C11H20S2/c1-3-5-10(2)6-7-11-12-8-4-9-13-11/h6,11H,3-5,7-9H2,1-2H3/b10-6+. The van der Waals surface area contributed by atoms with E-state index in [-0.39, 0.29) is 0 Å². The summed E-state index contributed by atoms with van der Waals surface area (Å²) in [4.78, 5) is 0. The molecule has 13 heavy (non-hydrogen) atoms. The van der Waals surface area contributed by atoms with Crippen LogP contribution in [0.15, 0.2) is 11.6 Å². The summed E-state index contributed by atoms with van der Waals surface area (Å²) in [5, 5.41) is 0. The fourth-order valence-electron chi connectivity index (χ4n) is 1.47. The quantitative estimate of drug-likeness (QED) is 0.642. The minimum absolute atomic E-state index is 0.848. The summed E-state index contributed by atoms with van der Waals surface area (Å²) >= 11 is 4.28. The van der Waals surface area contributed by atoms with Gasteiger partial charge < -0.3 is 0 Å². The summed E-state index contributed by atoms with van der Waals surface area (Å²) in [6.45, 7) is 4.52. The maximum atomic E-state index is 2.44. The zero-order chi connectivity index (χ0) is 9.52. The van der Waals surface area contributed by atoms with Gasteiger partial charge in [-0.1, -0.05) is 25.0 Å². The van der Waals surface area contributed by atoms with Crippen LogP contribution in [0.25, 0.3) is 0 Å². The molecule has 0 aliphatic carbocycles. The largest absolute Gasteiger partial charge is 0.147 e. The molecule has 1 rings (SSSR count). The Kier molecular flexibility index (Phi) is 6.05. The zero-order valence-corrected chi connectivity index (χ0v) is 10.3. The first-order valence-corrected chi connectivity index (χ1v) is 7.31. The maximum absolute atomic E-state index is 2.44. The van der Waals surface area contributed by atoms with E-state index in [1.54, 1.807) is 5.57 Å². The third kappa shape index (κ3) is 5.02. The summed E-state index contributed by atoms with van der Waals surface area (Å²) in [5.41, 5.74) is 1.58. The van der Waals surface area contributed by atoms with Crippen LogP contribution in [0.1, 0.15) is 39.5 Å². The summed E-state index contributed by atoms with van der Waals surface area (Å²) in [5.74, 6) is 2.75. The third-order valence-corrected chi connectivity index (χ3v) is 5.19. The van der Waals surface area contributed by atoms with Crippen molar-refractivity contribution < 1.29 is 0 Å². The molecule has 0 aromatic heterocycles. The van der Waals surface area contributed by atoms with Crippen molar-refractivity contribution in [1.82, 2.24) is 0 Å². The molecular formula is C11H20S2. The molecule has 1 heterocycles. The molecule has 0 atom stereocenters. The molecule has 2 heteroatoms. The van der Waals surface area contributed by atoms with E-state index in [2.05, 4.69) is 43.4 Å². The van der Waals surface area contributed by atoms with Crippen molar-refractivity contribution in [3.8, 4) is 0 Å². The Morgan fingerprint density at radius 2 is 2.08 bits per heavy atom. The highest BCUT2D eigenvalue weighted by Crippen LogP contribution is 2.33. The Balaban J connectivity index is 2.19. The molecule has 0 aromatic rings. The highest BCUT2D eigenvalue weighted by molar-refractivity contribution is 8.17. The van der Waals surface area contributed by atoms with E-state index in [0.717, 1.165) is 4.58 Å². The van der Waals surface area contributed by atoms with Gasteiger partial charge in [-0.05, 0) is 37.7 Å². The van der Waals surface area contributed by atoms with E-state index in [1.165, 1.54) is 37.2 Å². The third-order valence-electron chi connectivity index (χ3n) is 2.20. The molecule has 0 radical (unpaired) electrons. The fraction of sp³-hybridized carbons (Fsp3) is 0.818. The van der Waals surface area contributed by atoms with E-state index in [0.29, 0.717) is 0 Å². The predicted octanol–water partition coefficient (Wildman–Crippen LogP) is 4.32. The molecule has 1 aliphatic heterocycles. The van der Waals surface area contributed by atoms with Gasteiger partial charge in [-0.25, -0.2) is 0 Å². The average Bonchev–Trinajstić information content (AvgIpc) is 2.17. The van der Waals surface area contributed by atoms with Gasteiger partial charge in [0.25, 0.3) is 0 Å². The Hall–Kier alpha value is 0.440. The van der Waals surface area contributed by atoms with Crippen molar-refractivity contribution in [2.75, 3.05) is 11.5 Å². The SMILES string of the molecule is CCC/C(C)=C/CC1SCCCS1. The smallest absolute Gasteiger partial charge is 0.0536 e. The number of allylic oxidation sites excluding steroid dienone is 2. The minimum atomic E-state index is 0.848. The van der Waals surface area contributed by atoms with Gasteiger partial charge in [0, 0.05) is 0 Å². The second-order valence-electron chi connectivity index (χ2n) is 3.56. The number of hydrogen-bond acceptors (Lipinski definition) is 2. The molecule has 0 aromatic carbocycles. The molecule has 76 valence electrons. The fourth-order valence-corrected chi connectivity index (χ4v) is 4.22. The van der Waals surface area contributed by atoms with Crippen molar-refractivity contribution in [2.24, 2.45) is 0 Å². The molecule has 0 amide bonds. The van der Waals surface area contributed by atoms with Crippen LogP contribution in [0.4, 0.5) is 0 Å². The number of hydrogen-bond donors (Lipinski definition) is 0. The van der Waals surface area contributed by atoms with Crippen molar-refractivity contribution in [1.29, 1.82) is 0 Å². The Morgan fingerprint density at radius 1 is 1.38 bits per heavy atom. The second kappa shape index (κ2) is 6.83. The maximum Gasteiger partial charge on any atom is 0.0536 e. The number of rotatable bonds is 4. The summed E-state index contributed by atoms with van der Waals surface area (Å²) in [6, 6.07) is 0. The number of thioether (sulfide) groups is 2. The van der Waals surface area contributed by atoms with Crippen LogP contribution >= 0.6 is 23.5 Å². The molecule has 0 saturated carbocycles. The normalized spacial score (nSPS) is 20.6. The van der Waals surface area contributed by atoms with Crippen molar-refractivity contribution in [3.63, 3.8) is 0 Å². The Labute approximate surface area is 90.9 Å². The molecule has 0 bridgehead atoms. The lowest BCUT2D eigenvalue weighted by Crippen LogP contribution is -2.05. The highest BCUT2D eigenvalue weighted by Gasteiger charge is 2.12. The van der Waals surface area contributed by atoms with Crippen molar-refractivity contribution in [3.05, 3.63) is 11.6 Å². The Bertz CT molecular complexity index is 157. The molecule has 0 unspecified atom stereocenters. The lowest BCUT2D eigenvalue weighted by molar-refractivity contribution is 0.894. The van der Waals surface area contributed by atoms with E-state index in [1.807, 2.05) is 0 Å². The van der Waals surface area contributed by atoms with Crippen molar-refractivity contribution >= 4 is 23.5 Å². The molecule has 1 saturated heterocycles. The topological polar surface area (TPSA) is 0 Å². The summed E-state index contributed by atoms with van der Waals surface area (Å²) in [6.07, 6.45) is 7.69. The van der Waals surface area contributed by atoms with Gasteiger partial charge in [-0.3, -0.25) is 0 Å². The van der Waals surface area contributed by atoms with E-state index in [9.17, 15) is 0 Å². The molecule has 1 aliphatic rings. The van der Waals surface area contributed by atoms with Crippen LogP contribution in [0, 0.1) is 0 Å². The van der Waals surface area contributed by atoms with Gasteiger partial charge >= 0.3 is 0 Å². The van der Waals surface area contributed by atoms with Crippen LogP contribution in [-0.4, -0.2) is 16.1 Å². The second-order valence-corrected chi connectivity index (χ2v) is 6.48. The first kappa shape index (κ1) is 11.5. The minimum Gasteiger partial charge on any atom is -0.147 e. The van der Waals surface area contributed by atoms with Gasteiger partial charge in [0.05, 0.1) is 4.58 Å².